The van der Waals surface area contributed by atoms with Crippen LogP contribution < -0.4 is 10.6 Å². The Morgan fingerprint density at radius 3 is 2.65 bits per heavy atom. The average molecular weight is 369 g/mol. The third kappa shape index (κ3) is 5.86. The van der Waals surface area contributed by atoms with Crippen LogP contribution in [0.3, 0.4) is 0 Å². The summed E-state index contributed by atoms with van der Waals surface area (Å²) in [5.74, 6) is -0.200. The van der Waals surface area contributed by atoms with Crippen molar-refractivity contribution in [3.8, 4) is 0 Å². The molecule has 0 radical (unpaired) electrons. The summed E-state index contributed by atoms with van der Waals surface area (Å²) < 4.78 is 0. The van der Waals surface area contributed by atoms with Crippen LogP contribution in [0.2, 0.25) is 5.02 Å². The lowest BCUT2D eigenvalue weighted by molar-refractivity contribution is -0.116. The monoisotopic (exact) mass is 368 g/mol. The first-order chi connectivity index (χ1) is 12.6. The SMILES string of the molecule is C=N/C(=C\NC)CCNC(=O)/C=C(\c1ccc(Cl)cc1)c1ccccn1. The standard InChI is InChI=1S/C20H21ClN4O/c1-22-14-17(23-2)10-12-25-20(26)13-18(19-5-3-4-11-24-19)15-6-8-16(21)9-7-15/h3-9,11,13-14,22H,2,10,12H2,1H3,(H,25,26)/b17-14-,18-13+. The molecular weight excluding hydrogens is 348 g/mol. The van der Waals surface area contributed by atoms with Crippen molar-refractivity contribution >= 4 is 29.8 Å². The van der Waals surface area contributed by atoms with Crippen LogP contribution in [0.4, 0.5) is 0 Å². The first-order valence-corrected chi connectivity index (χ1v) is 8.51. The first-order valence-electron chi connectivity index (χ1n) is 8.14. The molecule has 0 unspecified atom stereocenters. The summed E-state index contributed by atoms with van der Waals surface area (Å²) in [6.45, 7) is 3.97. The van der Waals surface area contributed by atoms with Crippen molar-refractivity contribution < 1.29 is 4.79 Å². The number of pyridine rings is 1. The minimum absolute atomic E-state index is 0.200. The number of aromatic nitrogens is 1. The molecule has 1 amide bonds. The van der Waals surface area contributed by atoms with Crippen LogP contribution in [0.15, 0.2) is 71.6 Å². The van der Waals surface area contributed by atoms with E-state index in [-0.39, 0.29) is 5.91 Å². The second-order valence-corrected chi connectivity index (χ2v) is 5.84. The quantitative estimate of drug-likeness (QED) is 0.554. The van der Waals surface area contributed by atoms with Gasteiger partial charge in [0.05, 0.1) is 11.4 Å². The van der Waals surface area contributed by atoms with Crippen molar-refractivity contribution in [1.82, 2.24) is 15.6 Å². The highest BCUT2D eigenvalue weighted by atomic mass is 35.5. The summed E-state index contributed by atoms with van der Waals surface area (Å²) in [6, 6.07) is 12.9. The van der Waals surface area contributed by atoms with Crippen LogP contribution in [0.25, 0.3) is 5.57 Å². The van der Waals surface area contributed by atoms with Gasteiger partial charge in [-0.2, -0.15) is 0 Å². The Balaban J connectivity index is 2.17. The Bertz CT molecular complexity index is 798. The van der Waals surface area contributed by atoms with Crippen LogP contribution in [0.5, 0.6) is 0 Å². The van der Waals surface area contributed by atoms with E-state index in [1.165, 1.54) is 0 Å². The zero-order chi connectivity index (χ0) is 18.8. The van der Waals surface area contributed by atoms with Gasteiger partial charge in [-0.15, -0.1) is 0 Å². The Morgan fingerprint density at radius 1 is 1.27 bits per heavy atom. The fourth-order valence-electron chi connectivity index (χ4n) is 2.32. The molecule has 0 aliphatic carbocycles. The number of nitrogens with zero attached hydrogens (tertiary/aromatic N) is 2. The normalized spacial score (nSPS) is 11.8. The number of nitrogens with one attached hydrogen (secondary N) is 2. The van der Waals surface area contributed by atoms with Crippen molar-refractivity contribution in [1.29, 1.82) is 0 Å². The summed E-state index contributed by atoms with van der Waals surface area (Å²) >= 11 is 5.97. The minimum atomic E-state index is -0.200. The van der Waals surface area contributed by atoms with Gasteiger partial charge < -0.3 is 10.6 Å². The van der Waals surface area contributed by atoms with Crippen molar-refractivity contribution in [2.75, 3.05) is 13.6 Å². The smallest absolute Gasteiger partial charge is 0.244 e. The van der Waals surface area contributed by atoms with Gasteiger partial charge in [-0.3, -0.25) is 14.8 Å². The van der Waals surface area contributed by atoms with Gasteiger partial charge in [0, 0.05) is 49.1 Å². The first kappa shape index (κ1) is 19.4. The lowest BCUT2D eigenvalue weighted by Crippen LogP contribution is -2.23. The fourth-order valence-corrected chi connectivity index (χ4v) is 2.44. The van der Waals surface area contributed by atoms with Crippen LogP contribution in [0.1, 0.15) is 17.7 Å². The number of benzene rings is 1. The van der Waals surface area contributed by atoms with Crippen molar-refractivity contribution in [3.63, 3.8) is 0 Å². The van der Waals surface area contributed by atoms with Crippen LogP contribution in [0, 0.1) is 0 Å². The van der Waals surface area contributed by atoms with Gasteiger partial charge in [-0.25, -0.2) is 0 Å². The molecule has 5 nitrogen and oxygen atoms in total. The number of aliphatic imine (C=N–C) groups is 1. The Hall–Kier alpha value is -2.92. The molecule has 0 atom stereocenters. The molecule has 1 aromatic heterocycles. The van der Waals surface area contributed by atoms with E-state index in [2.05, 4.69) is 27.3 Å². The number of amides is 1. The summed E-state index contributed by atoms with van der Waals surface area (Å²) in [6.07, 6.45) is 5.59. The number of rotatable bonds is 8. The number of halogens is 1. The highest BCUT2D eigenvalue weighted by Gasteiger charge is 2.09. The summed E-state index contributed by atoms with van der Waals surface area (Å²) in [4.78, 5) is 20.6. The number of hydrogen-bond donors (Lipinski definition) is 2. The molecule has 0 bridgehead atoms. The van der Waals surface area contributed by atoms with E-state index in [9.17, 15) is 4.79 Å². The van der Waals surface area contributed by atoms with Gasteiger partial charge in [0.1, 0.15) is 0 Å². The Kier molecular flexibility index (Phi) is 7.58. The van der Waals surface area contributed by atoms with Crippen molar-refractivity contribution in [2.45, 2.75) is 6.42 Å². The number of hydrogen-bond acceptors (Lipinski definition) is 4. The third-order valence-electron chi connectivity index (χ3n) is 3.57. The van der Waals surface area contributed by atoms with Gasteiger partial charge in [-0.1, -0.05) is 29.8 Å². The topological polar surface area (TPSA) is 66.4 Å². The maximum absolute atomic E-state index is 12.4. The van der Waals surface area contributed by atoms with E-state index in [4.69, 9.17) is 11.6 Å². The maximum atomic E-state index is 12.4. The molecule has 0 aliphatic heterocycles. The summed E-state index contributed by atoms with van der Waals surface area (Å²) in [5, 5.41) is 6.40. The fraction of sp³-hybridized carbons (Fsp3) is 0.150. The second-order valence-electron chi connectivity index (χ2n) is 5.40. The maximum Gasteiger partial charge on any atom is 0.244 e. The zero-order valence-electron chi connectivity index (χ0n) is 14.6. The molecule has 0 saturated heterocycles. The van der Waals surface area contributed by atoms with Crippen LogP contribution in [-0.2, 0) is 4.79 Å². The molecule has 26 heavy (non-hydrogen) atoms. The highest BCUT2D eigenvalue weighted by molar-refractivity contribution is 6.30. The molecule has 134 valence electrons. The average Bonchev–Trinajstić information content (AvgIpc) is 2.67. The minimum Gasteiger partial charge on any atom is -0.393 e. The molecule has 6 heteroatoms. The molecular formula is C20H21ClN4O. The van der Waals surface area contributed by atoms with Crippen molar-refractivity contribution in [2.24, 2.45) is 4.99 Å². The molecule has 0 spiro atoms. The Labute approximate surface area is 158 Å². The van der Waals surface area contributed by atoms with E-state index in [1.54, 1.807) is 37.7 Å². The predicted molar refractivity (Wildman–Crippen MR) is 107 cm³/mol. The van der Waals surface area contributed by atoms with Crippen LogP contribution >= 0.6 is 11.6 Å². The summed E-state index contributed by atoms with van der Waals surface area (Å²) in [5.41, 5.74) is 3.09. The largest absolute Gasteiger partial charge is 0.393 e. The molecule has 1 heterocycles. The second kappa shape index (κ2) is 10.2. The lowest BCUT2D eigenvalue weighted by atomic mass is 10.0. The molecule has 2 aromatic rings. The van der Waals surface area contributed by atoms with Crippen molar-refractivity contribution in [3.05, 3.63) is 82.9 Å². The molecule has 0 fully saturated rings. The molecule has 0 aliphatic rings. The lowest BCUT2D eigenvalue weighted by Gasteiger charge is -2.09. The van der Waals surface area contributed by atoms with Gasteiger partial charge in [0.25, 0.3) is 0 Å². The van der Waals surface area contributed by atoms with E-state index in [1.807, 2.05) is 30.3 Å². The molecule has 2 rings (SSSR count). The number of carbonyl (C=O) groups excluding carboxylic acids is 1. The van der Waals surface area contributed by atoms with E-state index in [0.29, 0.717) is 23.7 Å². The predicted octanol–water partition coefficient (Wildman–Crippen LogP) is 3.43. The van der Waals surface area contributed by atoms with E-state index in [0.717, 1.165) is 16.8 Å². The molecule has 0 saturated carbocycles. The number of carbonyl (C=O) groups is 1. The van der Waals surface area contributed by atoms with Gasteiger partial charge in [-0.05, 0) is 36.5 Å². The van der Waals surface area contributed by atoms with E-state index < -0.39 is 0 Å². The molecule has 1 aromatic carbocycles. The van der Waals surface area contributed by atoms with Gasteiger partial charge in [0.15, 0.2) is 0 Å². The highest BCUT2D eigenvalue weighted by Crippen LogP contribution is 2.23. The van der Waals surface area contributed by atoms with E-state index >= 15 is 0 Å². The Morgan fingerprint density at radius 2 is 2.04 bits per heavy atom. The third-order valence-corrected chi connectivity index (χ3v) is 3.82. The zero-order valence-corrected chi connectivity index (χ0v) is 15.3. The van der Waals surface area contributed by atoms with Gasteiger partial charge >= 0.3 is 0 Å². The summed E-state index contributed by atoms with van der Waals surface area (Å²) in [7, 11) is 1.79. The van der Waals surface area contributed by atoms with Crippen LogP contribution in [-0.4, -0.2) is 31.2 Å². The molecule has 2 N–H and O–H groups in total. The van der Waals surface area contributed by atoms with Gasteiger partial charge in [0.2, 0.25) is 5.91 Å².